The number of nitrogens with one attached hydrogen (secondary N) is 1. The number of carboxylic acids is 1. The molecule has 0 saturated carbocycles. The van der Waals surface area contributed by atoms with Gasteiger partial charge in [-0.05, 0) is 0 Å². The van der Waals surface area contributed by atoms with E-state index in [0.29, 0.717) is 0 Å². The van der Waals surface area contributed by atoms with Crippen molar-refractivity contribution in [3.8, 4) is 0 Å². The number of nitrogens with two attached hydrogens (primary N) is 1. The van der Waals surface area contributed by atoms with Gasteiger partial charge in [-0.1, -0.05) is 0 Å². The molecule has 122 valence electrons. The summed E-state index contributed by atoms with van der Waals surface area (Å²) in [5.74, 6) is -3.82. The normalized spacial score (nSPS) is 18.2. The lowest BCUT2D eigenvalue weighted by molar-refractivity contribution is -0.151. The Hall–Kier alpha value is -1.59. The minimum Gasteiger partial charge on any atom is -0.475 e. The van der Waals surface area contributed by atoms with Crippen LogP contribution in [0.5, 0.6) is 0 Å². The minimum atomic E-state index is -1.86. The molecule has 0 fully saturated rings. The number of rotatable bonds is 9. The summed E-state index contributed by atoms with van der Waals surface area (Å²) in [6.45, 7) is 0.659. The van der Waals surface area contributed by atoms with E-state index in [-0.39, 0.29) is 0 Å². The molecule has 5 atom stereocenters. The number of ketones is 1. The zero-order chi connectivity index (χ0) is 16.7. The molecule has 0 unspecified atom stereocenters. The average Bonchev–Trinajstić information content (AvgIpc) is 2.41. The van der Waals surface area contributed by atoms with Gasteiger partial charge < -0.3 is 36.6 Å². The Morgan fingerprint density at radius 2 is 1.57 bits per heavy atom. The van der Waals surface area contributed by atoms with Gasteiger partial charge >= 0.3 is 5.97 Å². The van der Waals surface area contributed by atoms with Gasteiger partial charge in [0.05, 0.1) is 18.2 Å². The van der Waals surface area contributed by atoms with Crippen molar-refractivity contribution >= 4 is 17.7 Å². The summed E-state index contributed by atoms with van der Waals surface area (Å²) in [6, 6.07) is -1.55. The van der Waals surface area contributed by atoms with Crippen LogP contribution in [0.1, 0.15) is 13.3 Å². The summed E-state index contributed by atoms with van der Waals surface area (Å²) in [4.78, 5) is 32.5. The Morgan fingerprint density at radius 1 is 1.05 bits per heavy atom. The average molecular weight is 308 g/mol. The molecule has 8 N–H and O–H groups in total. The predicted molar refractivity (Wildman–Crippen MR) is 67.9 cm³/mol. The smallest absolute Gasteiger partial charge is 0.372 e. The van der Waals surface area contributed by atoms with Crippen LogP contribution >= 0.6 is 0 Å². The van der Waals surface area contributed by atoms with Crippen LogP contribution in [0.4, 0.5) is 0 Å². The lowest BCUT2D eigenvalue weighted by atomic mass is 9.94. The summed E-state index contributed by atoms with van der Waals surface area (Å²) in [5.41, 5.74) is 5.11. The predicted octanol–water partition coefficient (Wildman–Crippen LogP) is -4.06. The minimum absolute atomic E-state index is 0.394. The standard InChI is InChI=1S/C11H20N2O8/c1-4(14)13-8(5(15)2-6(16)11(20)21)10(19)9(18)7(17)3-12/h5,7-10,15,17-19H,2-3,12H2,1H3,(H,13,14)(H,20,21)/t5-,7+,8+,9+,10+/m0/s1. The van der Waals surface area contributed by atoms with E-state index in [0.717, 1.165) is 6.92 Å². The van der Waals surface area contributed by atoms with Crippen LogP contribution in [-0.4, -0.2) is 80.2 Å². The first-order chi connectivity index (χ1) is 9.61. The summed E-state index contributed by atoms with van der Waals surface area (Å²) < 4.78 is 0. The molecule has 0 aliphatic heterocycles. The monoisotopic (exact) mass is 308 g/mol. The van der Waals surface area contributed by atoms with Gasteiger partial charge in [0.2, 0.25) is 11.7 Å². The van der Waals surface area contributed by atoms with Crippen LogP contribution < -0.4 is 11.1 Å². The summed E-state index contributed by atoms with van der Waals surface area (Å²) in [5, 5.41) is 49.1. The van der Waals surface area contributed by atoms with Gasteiger partial charge in [-0.25, -0.2) is 4.79 Å². The second-order valence-corrected chi connectivity index (χ2v) is 4.51. The molecule has 0 spiro atoms. The number of aliphatic hydroxyl groups excluding tert-OH is 4. The SMILES string of the molecule is CC(=O)N[C@@H]([C@@H](O)[C@H](O)[C@H](O)CN)[C@@H](O)CC(=O)C(=O)O. The number of aliphatic carboxylic acids is 1. The quantitative estimate of drug-likeness (QED) is 0.208. The molecule has 0 rings (SSSR count). The van der Waals surface area contributed by atoms with Crippen molar-refractivity contribution in [2.75, 3.05) is 6.54 Å². The number of carbonyl (C=O) groups excluding carboxylic acids is 2. The first-order valence-corrected chi connectivity index (χ1v) is 6.07. The number of Topliss-reactive ketones (excluding diaryl/α,β-unsaturated/α-hetero) is 1. The summed E-state index contributed by atoms with van der Waals surface area (Å²) in [6.07, 6.45) is -7.85. The van der Waals surface area contributed by atoms with Crippen molar-refractivity contribution < 1.29 is 39.9 Å². The van der Waals surface area contributed by atoms with Crippen LogP contribution in [0.15, 0.2) is 0 Å². The zero-order valence-corrected chi connectivity index (χ0v) is 11.3. The fraction of sp³-hybridized carbons (Fsp3) is 0.727. The zero-order valence-electron chi connectivity index (χ0n) is 11.3. The third kappa shape index (κ3) is 6.14. The second-order valence-electron chi connectivity index (χ2n) is 4.51. The molecule has 0 aliphatic rings. The van der Waals surface area contributed by atoms with E-state index in [9.17, 15) is 34.8 Å². The molecule has 0 aliphatic carbocycles. The van der Waals surface area contributed by atoms with E-state index in [4.69, 9.17) is 10.8 Å². The number of aliphatic hydroxyl groups is 4. The molecule has 0 aromatic carbocycles. The number of carboxylic acid groups (broad SMARTS) is 1. The van der Waals surface area contributed by atoms with Crippen molar-refractivity contribution in [2.45, 2.75) is 43.8 Å². The summed E-state index contributed by atoms with van der Waals surface area (Å²) >= 11 is 0. The first-order valence-electron chi connectivity index (χ1n) is 6.07. The molecular formula is C11H20N2O8. The Bertz CT molecular complexity index is 388. The van der Waals surface area contributed by atoms with Crippen LogP contribution in [0, 0.1) is 0 Å². The fourth-order valence-corrected chi connectivity index (χ4v) is 1.63. The van der Waals surface area contributed by atoms with E-state index < -0.39 is 61.1 Å². The van der Waals surface area contributed by atoms with Crippen LogP contribution in [0.2, 0.25) is 0 Å². The Balaban J connectivity index is 5.04. The largest absolute Gasteiger partial charge is 0.475 e. The van der Waals surface area contributed by atoms with Crippen molar-refractivity contribution in [3.05, 3.63) is 0 Å². The number of hydrogen-bond acceptors (Lipinski definition) is 8. The van der Waals surface area contributed by atoms with E-state index in [1.807, 2.05) is 0 Å². The van der Waals surface area contributed by atoms with Gasteiger partial charge in [0.1, 0.15) is 12.2 Å². The second kappa shape index (κ2) is 8.64. The fourth-order valence-electron chi connectivity index (χ4n) is 1.63. The Morgan fingerprint density at radius 3 is 1.95 bits per heavy atom. The number of hydrogen-bond donors (Lipinski definition) is 7. The number of carbonyl (C=O) groups is 3. The van der Waals surface area contributed by atoms with Crippen LogP contribution in [-0.2, 0) is 14.4 Å². The maximum atomic E-state index is 11.0. The van der Waals surface area contributed by atoms with Gasteiger partial charge in [0.15, 0.2) is 0 Å². The molecule has 0 aromatic heterocycles. The van der Waals surface area contributed by atoms with Gasteiger partial charge in [-0.2, -0.15) is 0 Å². The summed E-state index contributed by atoms with van der Waals surface area (Å²) in [7, 11) is 0. The van der Waals surface area contributed by atoms with Gasteiger partial charge in [0.25, 0.3) is 0 Å². The van der Waals surface area contributed by atoms with E-state index in [2.05, 4.69) is 5.32 Å². The molecule has 0 saturated heterocycles. The third-order valence-corrected chi connectivity index (χ3v) is 2.77. The molecule has 0 bridgehead atoms. The van der Waals surface area contributed by atoms with E-state index in [1.54, 1.807) is 0 Å². The molecule has 1 amide bonds. The maximum absolute atomic E-state index is 11.0. The molecule has 0 heterocycles. The highest BCUT2D eigenvalue weighted by molar-refractivity contribution is 6.32. The molecule has 10 heteroatoms. The van der Waals surface area contributed by atoms with Gasteiger partial charge in [0, 0.05) is 19.9 Å². The Labute approximate surface area is 120 Å². The topological polar surface area (TPSA) is 190 Å². The van der Waals surface area contributed by atoms with E-state index in [1.165, 1.54) is 0 Å². The lowest BCUT2D eigenvalue weighted by Crippen LogP contribution is -2.58. The lowest BCUT2D eigenvalue weighted by Gasteiger charge is -2.32. The van der Waals surface area contributed by atoms with Crippen molar-refractivity contribution in [1.82, 2.24) is 5.32 Å². The Kier molecular flexibility index (Phi) is 7.99. The number of amides is 1. The van der Waals surface area contributed by atoms with Gasteiger partial charge in [-0.15, -0.1) is 0 Å². The highest BCUT2D eigenvalue weighted by Gasteiger charge is 2.37. The third-order valence-electron chi connectivity index (χ3n) is 2.77. The first kappa shape index (κ1) is 19.4. The molecule has 0 radical (unpaired) electrons. The molecule has 0 aromatic rings. The maximum Gasteiger partial charge on any atom is 0.372 e. The highest BCUT2D eigenvalue weighted by Crippen LogP contribution is 2.11. The molecule has 10 nitrogen and oxygen atoms in total. The van der Waals surface area contributed by atoms with E-state index >= 15 is 0 Å². The highest BCUT2D eigenvalue weighted by atomic mass is 16.4. The van der Waals surface area contributed by atoms with Crippen molar-refractivity contribution in [3.63, 3.8) is 0 Å². The van der Waals surface area contributed by atoms with Crippen LogP contribution in [0.25, 0.3) is 0 Å². The van der Waals surface area contributed by atoms with Crippen LogP contribution in [0.3, 0.4) is 0 Å². The van der Waals surface area contributed by atoms with Gasteiger partial charge in [-0.3, -0.25) is 9.59 Å². The van der Waals surface area contributed by atoms with Crippen molar-refractivity contribution in [2.24, 2.45) is 5.73 Å². The molecule has 21 heavy (non-hydrogen) atoms. The molecular weight excluding hydrogens is 288 g/mol. The van der Waals surface area contributed by atoms with Crippen molar-refractivity contribution in [1.29, 1.82) is 0 Å².